The minimum atomic E-state index is 0.148. The summed E-state index contributed by atoms with van der Waals surface area (Å²) in [5.74, 6) is 3.34. The maximum atomic E-state index is 6.10. The second-order valence-corrected chi connectivity index (χ2v) is 7.29. The molecule has 1 N–H and O–H groups in total. The smallest absolute Gasteiger partial charge is 0.119 e. The third-order valence-corrected chi connectivity index (χ3v) is 5.86. The fraction of sp³-hybridized carbons (Fsp3) is 0.647. The van der Waals surface area contributed by atoms with E-state index in [2.05, 4.69) is 30.4 Å². The van der Waals surface area contributed by atoms with E-state index in [1.165, 1.54) is 23.5 Å². The molecular formula is C17H25NO2S. The summed E-state index contributed by atoms with van der Waals surface area (Å²) in [4.78, 5) is 0. The van der Waals surface area contributed by atoms with Gasteiger partial charge >= 0.3 is 0 Å². The van der Waals surface area contributed by atoms with Crippen LogP contribution in [0.15, 0.2) is 24.3 Å². The molecule has 0 bridgehead atoms. The third-order valence-electron chi connectivity index (χ3n) is 4.64. The van der Waals surface area contributed by atoms with E-state index in [1.54, 1.807) is 7.11 Å². The van der Waals surface area contributed by atoms with Crippen molar-refractivity contribution in [1.82, 2.24) is 5.32 Å². The molecule has 3 nitrogen and oxygen atoms in total. The highest BCUT2D eigenvalue weighted by Crippen LogP contribution is 2.38. The fourth-order valence-electron chi connectivity index (χ4n) is 3.39. The predicted octanol–water partition coefficient (Wildman–Crippen LogP) is 3.40. The van der Waals surface area contributed by atoms with Crippen LogP contribution in [0.5, 0.6) is 5.75 Å². The van der Waals surface area contributed by atoms with E-state index in [1.807, 2.05) is 17.8 Å². The van der Waals surface area contributed by atoms with Crippen molar-refractivity contribution in [3.8, 4) is 5.75 Å². The van der Waals surface area contributed by atoms with Gasteiger partial charge in [0.15, 0.2) is 0 Å². The molecule has 0 amide bonds. The van der Waals surface area contributed by atoms with E-state index in [-0.39, 0.29) is 5.60 Å². The summed E-state index contributed by atoms with van der Waals surface area (Å²) >= 11 is 2.03. The largest absolute Gasteiger partial charge is 0.497 e. The maximum Gasteiger partial charge on any atom is 0.119 e. The number of hydrogen-bond donors (Lipinski definition) is 1. The summed E-state index contributed by atoms with van der Waals surface area (Å²) in [5.41, 5.74) is 1.44. The molecule has 1 aromatic carbocycles. The van der Waals surface area contributed by atoms with Gasteiger partial charge in [-0.15, -0.1) is 0 Å². The molecule has 2 saturated heterocycles. The Balaban J connectivity index is 1.62. The lowest BCUT2D eigenvalue weighted by Crippen LogP contribution is -2.47. The van der Waals surface area contributed by atoms with E-state index >= 15 is 0 Å². The second kappa shape index (κ2) is 6.59. The molecule has 2 aliphatic rings. The zero-order valence-electron chi connectivity index (χ0n) is 12.9. The van der Waals surface area contributed by atoms with Crippen LogP contribution >= 0.6 is 11.8 Å². The van der Waals surface area contributed by atoms with Crippen LogP contribution in [0.25, 0.3) is 0 Å². The minimum absolute atomic E-state index is 0.148. The van der Waals surface area contributed by atoms with Crippen LogP contribution in [0.1, 0.15) is 37.8 Å². The first-order chi connectivity index (χ1) is 10.2. The lowest BCUT2D eigenvalue weighted by atomic mass is 9.89. The summed E-state index contributed by atoms with van der Waals surface area (Å²) in [5, 5.41) is 3.79. The third kappa shape index (κ3) is 3.55. The van der Waals surface area contributed by atoms with Crippen LogP contribution in [0.3, 0.4) is 0 Å². The SMILES string of the molecule is COc1cccc([C@H](C)NC2CCOC3(CCSC3)C2)c1. The first-order valence-corrected chi connectivity index (χ1v) is 8.98. The van der Waals surface area contributed by atoms with Crippen LogP contribution < -0.4 is 10.1 Å². The van der Waals surface area contributed by atoms with Crippen molar-refractivity contribution in [2.24, 2.45) is 0 Å². The summed E-state index contributed by atoms with van der Waals surface area (Å²) in [7, 11) is 1.72. The van der Waals surface area contributed by atoms with Gasteiger partial charge in [0.25, 0.3) is 0 Å². The average Bonchev–Trinajstić information content (AvgIpc) is 2.95. The summed E-state index contributed by atoms with van der Waals surface area (Å²) < 4.78 is 11.4. The van der Waals surface area contributed by atoms with Gasteiger partial charge in [0, 0.05) is 24.4 Å². The number of ether oxygens (including phenoxy) is 2. The van der Waals surface area contributed by atoms with Gasteiger partial charge in [-0.1, -0.05) is 12.1 Å². The van der Waals surface area contributed by atoms with E-state index in [0.29, 0.717) is 12.1 Å². The lowest BCUT2D eigenvalue weighted by Gasteiger charge is -2.39. The quantitative estimate of drug-likeness (QED) is 0.923. The molecule has 1 spiro atoms. The Labute approximate surface area is 131 Å². The zero-order valence-corrected chi connectivity index (χ0v) is 13.7. The topological polar surface area (TPSA) is 30.5 Å². The number of nitrogens with one attached hydrogen (secondary N) is 1. The first-order valence-electron chi connectivity index (χ1n) is 7.82. The monoisotopic (exact) mass is 307 g/mol. The Morgan fingerprint density at radius 2 is 2.38 bits per heavy atom. The Hall–Kier alpha value is -0.710. The second-order valence-electron chi connectivity index (χ2n) is 6.19. The number of benzene rings is 1. The number of hydrogen-bond acceptors (Lipinski definition) is 4. The van der Waals surface area contributed by atoms with Crippen molar-refractivity contribution in [3.63, 3.8) is 0 Å². The molecule has 2 fully saturated rings. The fourth-order valence-corrected chi connectivity index (χ4v) is 4.77. The molecule has 0 saturated carbocycles. The van der Waals surface area contributed by atoms with E-state index in [9.17, 15) is 0 Å². The maximum absolute atomic E-state index is 6.10. The molecule has 3 atom stereocenters. The molecule has 4 heteroatoms. The highest BCUT2D eigenvalue weighted by atomic mass is 32.2. The van der Waals surface area contributed by atoms with Crippen molar-refractivity contribution in [3.05, 3.63) is 29.8 Å². The molecular weight excluding hydrogens is 282 g/mol. The van der Waals surface area contributed by atoms with Gasteiger partial charge in [-0.3, -0.25) is 0 Å². The Kier molecular flexibility index (Phi) is 4.77. The van der Waals surface area contributed by atoms with Gasteiger partial charge in [0.05, 0.1) is 12.7 Å². The van der Waals surface area contributed by atoms with Crippen molar-refractivity contribution in [1.29, 1.82) is 0 Å². The number of methoxy groups -OCH3 is 1. The van der Waals surface area contributed by atoms with Crippen LogP contribution in [0, 0.1) is 0 Å². The molecule has 1 aromatic rings. The number of rotatable bonds is 4. The summed E-state index contributed by atoms with van der Waals surface area (Å²) in [6.45, 7) is 3.13. The van der Waals surface area contributed by atoms with E-state index < -0.39 is 0 Å². The van der Waals surface area contributed by atoms with Crippen LogP contribution in [-0.2, 0) is 4.74 Å². The zero-order chi connectivity index (χ0) is 14.7. The summed E-state index contributed by atoms with van der Waals surface area (Å²) in [6, 6.07) is 9.24. The minimum Gasteiger partial charge on any atom is -0.497 e. The Morgan fingerprint density at radius 3 is 3.14 bits per heavy atom. The van der Waals surface area contributed by atoms with Gasteiger partial charge in [0.1, 0.15) is 5.75 Å². The van der Waals surface area contributed by atoms with Crippen molar-refractivity contribution < 1.29 is 9.47 Å². The highest BCUT2D eigenvalue weighted by Gasteiger charge is 2.40. The lowest BCUT2D eigenvalue weighted by molar-refractivity contribution is -0.0711. The van der Waals surface area contributed by atoms with Gasteiger partial charge in [0.2, 0.25) is 0 Å². The highest BCUT2D eigenvalue weighted by molar-refractivity contribution is 7.99. The molecule has 0 aliphatic carbocycles. The van der Waals surface area contributed by atoms with Gasteiger partial charge in [-0.05, 0) is 49.6 Å². The van der Waals surface area contributed by atoms with Gasteiger partial charge in [-0.25, -0.2) is 0 Å². The van der Waals surface area contributed by atoms with E-state index in [4.69, 9.17) is 9.47 Å². The standard InChI is InChI=1S/C17H25NO2S/c1-13(14-4-3-5-16(10-14)19-2)18-15-6-8-20-17(11-15)7-9-21-12-17/h3-5,10,13,15,18H,6-9,11-12H2,1-2H3/t13-,15?,17?/m0/s1. The average molecular weight is 307 g/mol. The molecule has 21 heavy (non-hydrogen) atoms. The molecule has 2 heterocycles. The van der Waals surface area contributed by atoms with Crippen LogP contribution in [0.4, 0.5) is 0 Å². The number of thioether (sulfide) groups is 1. The van der Waals surface area contributed by atoms with Crippen LogP contribution in [-0.4, -0.2) is 36.9 Å². The summed E-state index contributed by atoms with van der Waals surface area (Å²) in [6.07, 6.45) is 3.47. The molecule has 116 valence electrons. The van der Waals surface area contributed by atoms with Gasteiger partial charge < -0.3 is 14.8 Å². The normalized spacial score (nSPS) is 30.5. The Bertz CT molecular complexity index is 474. The molecule has 3 rings (SSSR count). The molecule has 0 radical (unpaired) electrons. The van der Waals surface area contributed by atoms with Gasteiger partial charge in [-0.2, -0.15) is 11.8 Å². The van der Waals surface area contributed by atoms with Crippen molar-refractivity contribution in [2.75, 3.05) is 25.2 Å². The van der Waals surface area contributed by atoms with Crippen molar-refractivity contribution >= 4 is 11.8 Å². The molecule has 2 aliphatic heterocycles. The predicted molar refractivity (Wildman–Crippen MR) is 88.2 cm³/mol. The van der Waals surface area contributed by atoms with E-state index in [0.717, 1.165) is 25.2 Å². The Morgan fingerprint density at radius 1 is 1.48 bits per heavy atom. The first kappa shape index (κ1) is 15.2. The van der Waals surface area contributed by atoms with Crippen molar-refractivity contribution in [2.45, 2.75) is 43.9 Å². The molecule has 2 unspecified atom stereocenters. The molecule has 0 aromatic heterocycles. The van der Waals surface area contributed by atoms with Crippen LogP contribution in [0.2, 0.25) is 0 Å².